The van der Waals surface area contributed by atoms with E-state index in [4.69, 9.17) is 31.5 Å². The number of nitrogens with two attached hydrogens (primary N) is 1. The molecular formula is C15H24ClNO3. The number of halogens is 1. The Kier molecular flexibility index (Phi) is 7.73. The van der Waals surface area contributed by atoms with Crippen molar-refractivity contribution in [3.05, 3.63) is 22.7 Å². The normalized spacial score (nSPS) is 10.9. The topological polar surface area (TPSA) is 53.7 Å². The standard InChI is InChI=1S/C15H24ClNO3/c1-11(2)4-5-19-6-7-20-15-13(16)8-12(10-17)9-14(15)18-3/h8-9,11H,4-7,10,17H2,1-3H3. The van der Waals surface area contributed by atoms with Crippen LogP contribution in [0.3, 0.4) is 0 Å². The molecule has 0 aromatic heterocycles. The molecule has 1 aromatic rings. The highest BCUT2D eigenvalue weighted by Gasteiger charge is 2.11. The number of rotatable bonds is 9. The maximum Gasteiger partial charge on any atom is 0.179 e. The van der Waals surface area contributed by atoms with Crippen molar-refractivity contribution in [2.45, 2.75) is 26.8 Å². The largest absolute Gasteiger partial charge is 0.493 e. The van der Waals surface area contributed by atoms with E-state index in [0.29, 0.717) is 42.2 Å². The van der Waals surface area contributed by atoms with Gasteiger partial charge in [-0.2, -0.15) is 0 Å². The fourth-order valence-corrected chi connectivity index (χ4v) is 1.94. The first-order chi connectivity index (χ1) is 9.58. The lowest BCUT2D eigenvalue weighted by Gasteiger charge is -2.14. The molecule has 0 aliphatic carbocycles. The van der Waals surface area contributed by atoms with Crippen LogP contribution in [0.25, 0.3) is 0 Å². The van der Waals surface area contributed by atoms with Gasteiger partial charge >= 0.3 is 0 Å². The van der Waals surface area contributed by atoms with Gasteiger partial charge in [0.2, 0.25) is 0 Å². The van der Waals surface area contributed by atoms with Gasteiger partial charge in [-0.25, -0.2) is 0 Å². The highest BCUT2D eigenvalue weighted by atomic mass is 35.5. The summed E-state index contributed by atoms with van der Waals surface area (Å²) < 4.78 is 16.4. The first kappa shape index (κ1) is 17.1. The molecular weight excluding hydrogens is 278 g/mol. The number of hydrogen-bond acceptors (Lipinski definition) is 4. The SMILES string of the molecule is COc1cc(CN)cc(Cl)c1OCCOCCC(C)C. The third-order valence-electron chi connectivity index (χ3n) is 2.84. The van der Waals surface area contributed by atoms with Crippen LogP contribution < -0.4 is 15.2 Å². The zero-order valence-corrected chi connectivity index (χ0v) is 13.2. The molecule has 1 rings (SSSR count). The lowest BCUT2D eigenvalue weighted by Crippen LogP contribution is -2.09. The highest BCUT2D eigenvalue weighted by Crippen LogP contribution is 2.36. The van der Waals surface area contributed by atoms with E-state index >= 15 is 0 Å². The summed E-state index contributed by atoms with van der Waals surface area (Å²) in [7, 11) is 1.58. The van der Waals surface area contributed by atoms with Crippen LogP contribution in [-0.2, 0) is 11.3 Å². The van der Waals surface area contributed by atoms with Crippen LogP contribution in [0.2, 0.25) is 5.02 Å². The molecule has 0 atom stereocenters. The fourth-order valence-electron chi connectivity index (χ4n) is 1.65. The van der Waals surface area contributed by atoms with Gasteiger partial charge in [-0.3, -0.25) is 0 Å². The van der Waals surface area contributed by atoms with Crippen LogP contribution in [0.1, 0.15) is 25.8 Å². The Hall–Kier alpha value is -0.970. The zero-order valence-electron chi connectivity index (χ0n) is 12.4. The molecule has 5 heteroatoms. The Labute approximate surface area is 126 Å². The van der Waals surface area contributed by atoms with Gasteiger partial charge in [-0.15, -0.1) is 0 Å². The van der Waals surface area contributed by atoms with Crippen molar-refractivity contribution >= 4 is 11.6 Å². The third-order valence-corrected chi connectivity index (χ3v) is 3.12. The summed E-state index contributed by atoms with van der Waals surface area (Å²) in [6.45, 7) is 6.47. The van der Waals surface area contributed by atoms with Crippen LogP contribution >= 0.6 is 11.6 Å². The maximum absolute atomic E-state index is 6.17. The summed E-state index contributed by atoms with van der Waals surface area (Å²) in [6, 6.07) is 3.62. The highest BCUT2D eigenvalue weighted by molar-refractivity contribution is 6.32. The molecule has 0 saturated heterocycles. The van der Waals surface area contributed by atoms with E-state index in [2.05, 4.69) is 13.8 Å². The van der Waals surface area contributed by atoms with Crippen molar-refractivity contribution in [1.82, 2.24) is 0 Å². The molecule has 0 spiro atoms. The summed E-state index contributed by atoms with van der Waals surface area (Å²) in [5, 5.41) is 0.506. The molecule has 114 valence electrons. The molecule has 0 unspecified atom stereocenters. The maximum atomic E-state index is 6.17. The molecule has 20 heavy (non-hydrogen) atoms. The van der Waals surface area contributed by atoms with Crippen molar-refractivity contribution < 1.29 is 14.2 Å². The molecule has 2 N–H and O–H groups in total. The quantitative estimate of drug-likeness (QED) is 0.711. The van der Waals surface area contributed by atoms with E-state index in [9.17, 15) is 0 Å². The smallest absolute Gasteiger partial charge is 0.179 e. The van der Waals surface area contributed by atoms with Crippen LogP contribution in [-0.4, -0.2) is 26.9 Å². The monoisotopic (exact) mass is 301 g/mol. The van der Waals surface area contributed by atoms with Crippen LogP contribution in [0.4, 0.5) is 0 Å². The molecule has 0 bridgehead atoms. The van der Waals surface area contributed by atoms with Crippen LogP contribution in [0.5, 0.6) is 11.5 Å². The minimum atomic E-state index is 0.411. The van der Waals surface area contributed by atoms with E-state index in [1.54, 1.807) is 13.2 Å². The van der Waals surface area contributed by atoms with Gasteiger partial charge < -0.3 is 19.9 Å². The van der Waals surface area contributed by atoms with E-state index in [-0.39, 0.29) is 0 Å². The summed E-state index contributed by atoms with van der Waals surface area (Å²) in [5.41, 5.74) is 6.51. The fraction of sp³-hybridized carbons (Fsp3) is 0.600. The average molecular weight is 302 g/mol. The predicted molar refractivity (Wildman–Crippen MR) is 81.7 cm³/mol. The number of hydrogen-bond donors (Lipinski definition) is 1. The molecule has 0 saturated carbocycles. The Bertz CT molecular complexity index is 410. The van der Waals surface area contributed by atoms with E-state index < -0.39 is 0 Å². The molecule has 0 fully saturated rings. The van der Waals surface area contributed by atoms with Gasteiger partial charge in [0.15, 0.2) is 11.5 Å². The Morgan fingerprint density at radius 3 is 2.55 bits per heavy atom. The lowest BCUT2D eigenvalue weighted by atomic mass is 10.1. The Balaban J connectivity index is 2.47. The van der Waals surface area contributed by atoms with E-state index in [1.807, 2.05) is 6.07 Å². The van der Waals surface area contributed by atoms with Crippen molar-refractivity contribution in [1.29, 1.82) is 0 Å². The Morgan fingerprint density at radius 1 is 1.20 bits per heavy atom. The van der Waals surface area contributed by atoms with E-state index in [1.165, 1.54) is 0 Å². The van der Waals surface area contributed by atoms with Gasteiger partial charge in [0.25, 0.3) is 0 Å². The second-order valence-electron chi connectivity index (χ2n) is 4.96. The van der Waals surface area contributed by atoms with Gasteiger partial charge in [0.1, 0.15) is 6.61 Å². The molecule has 0 aliphatic heterocycles. The van der Waals surface area contributed by atoms with Gasteiger partial charge in [0, 0.05) is 13.2 Å². The minimum absolute atomic E-state index is 0.411. The minimum Gasteiger partial charge on any atom is -0.493 e. The zero-order chi connectivity index (χ0) is 15.0. The third kappa shape index (κ3) is 5.57. The number of ether oxygens (including phenoxy) is 3. The second-order valence-corrected chi connectivity index (χ2v) is 5.36. The first-order valence-electron chi connectivity index (χ1n) is 6.85. The van der Waals surface area contributed by atoms with Crippen molar-refractivity contribution in [3.63, 3.8) is 0 Å². The predicted octanol–water partition coefficient (Wildman–Crippen LogP) is 3.25. The first-order valence-corrected chi connectivity index (χ1v) is 7.23. The molecule has 0 aliphatic rings. The van der Waals surface area contributed by atoms with Crippen molar-refractivity contribution in [2.24, 2.45) is 11.7 Å². The number of benzene rings is 1. The summed E-state index contributed by atoms with van der Waals surface area (Å²) in [5.74, 6) is 1.79. The molecule has 0 radical (unpaired) electrons. The van der Waals surface area contributed by atoms with Crippen LogP contribution in [0, 0.1) is 5.92 Å². The molecule has 4 nitrogen and oxygen atoms in total. The van der Waals surface area contributed by atoms with Gasteiger partial charge in [-0.05, 0) is 30.0 Å². The van der Waals surface area contributed by atoms with Gasteiger partial charge in [0.05, 0.1) is 18.7 Å². The van der Waals surface area contributed by atoms with Gasteiger partial charge in [-0.1, -0.05) is 25.4 Å². The number of methoxy groups -OCH3 is 1. The molecule has 1 aromatic carbocycles. The summed E-state index contributed by atoms with van der Waals surface area (Å²) >= 11 is 6.17. The van der Waals surface area contributed by atoms with E-state index in [0.717, 1.165) is 18.6 Å². The second kappa shape index (κ2) is 9.06. The molecule has 0 amide bonds. The summed E-state index contributed by atoms with van der Waals surface area (Å²) in [4.78, 5) is 0. The van der Waals surface area contributed by atoms with Crippen molar-refractivity contribution in [3.8, 4) is 11.5 Å². The van der Waals surface area contributed by atoms with Crippen LogP contribution in [0.15, 0.2) is 12.1 Å². The van der Waals surface area contributed by atoms with Crippen molar-refractivity contribution in [2.75, 3.05) is 26.9 Å². The Morgan fingerprint density at radius 2 is 1.95 bits per heavy atom. The summed E-state index contributed by atoms with van der Waals surface area (Å²) in [6.07, 6.45) is 1.05. The average Bonchev–Trinajstić information content (AvgIpc) is 2.42. The lowest BCUT2D eigenvalue weighted by molar-refractivity contribution is 0.0916. The molecule has 0 heterocycles.